The molecule has 0 aliphatic carbocycles. The van der Waals surface area contributed by atoms with E-state index in [2.05, 4.69) is 24.1 Å². The molecule has 0 spiro atoms. The van der Waals surface area contributed by atoms with E-state index in [0.717, 1.165) is 30.3 Å². The first-order valence-corrected chi connectivity index (χ1v) is 8.28. The number of alkyl halides is 3. The van der Waals surface area contributed by atoms with E-state index in [9.17, 15) is 13.2 Å². The third kappa shape index (κ3) is 4.10. The molecule has 0 aromatic carbocycles. The molecule has 1 aliphatic heterocycles. The van der Waals surface area contributed by atoms with Crippen LogP contribution in [0.5, 0.6) is 0 Å². The molecule has 0 saturated carbocycles. The van der Waals surface area contributed by atoms with Gasteiger partial charge in [-0.2, -0.15) is 13.2 Å². The van der Waals surface area contributed by atoms with Gasteiger partial charge >= 0.3 is 6.18 Å². The minimum atomic E-state index is -4.06. The molecule has 0 atom stereocenters. The highest BCUT2D eigenvalue weighted by Crippen LogP contribution is 2.36. The molecule has 0 unspecified atom stereocenters. The molecule has 7 heteroatoms. The predicted molar refractivity (Wildman–Crippen MR) is 79.9 cm³/mol. The number of nitrogens with zero attached hydrogens (tertiary/aromatic N) is 2. The van der Waals surface area contributed by atoms with Gasteiger partial charge in [-0.15, -0.1) is 11.3 Å². The molecular formula is C14H22F3N3S. The van der Waals surface area contributed by atoms with E-state index in [1.165, 1.54) is 4.88 Å². The number of anilines is 1. The van der Waals surface area contributed by atoms with Crippen LogP contribution < -0.4 is 10.2 Å². The minimum absolute atomic E-state index is 0.174. The summed E-state index contributed by atoms with van der Waals surface area (Å²) in [5, 5.41) is 4.16. The zero-order chi connectivity index (χ0) is 15.5. The molecule has 2 rings (SSSR count). The maximum Gasteiger partial charge on any atom is 0.391 e. The maximum absolute atomic E-state index is 12.7. The van der Waals surface area contributed by atoms with Crippen molar-refractivity contribution in [3.05, 3.63) is 10.6 Å². The van der Waals surface area contributed by atoms with Crippen LogP contribution in [0.4, 0.5) is 18.3 Å². The molecule has 21 heavy (non-hydrogen) atoms. The topological polar surface area (TPSA) is 28.2 Å². The fraction of sp³-hybridized carbons (Fsp3) is 0.786. The van der Waals surface area contributed by atoms with Crippen molar-refractivity contribution in [1.29, 1.82) is 0 Å². The Hall–Kier alpha value is -0.820. The van der Waals surface area contributed by atoms with Crippen LogP contribution in [0.15, 0.2) is 0 Å². The number of nitrogens with one attached hydrogen (secondary N) is 1. The maximum atomic E-state index is 12.7. The summed E-state index contributed by atoms with van der Waals surface area (Å²) in [4.78, 5) is 7.82. The summed E-state index contributed by atoms with van der Waals surface area (Å²) in [6.07, 6.45) is -2.85. The van der Waals surface area contributed by atoms with Crippen molar-refractivity contribution in [1.82, 2.24) is 10.3 Å². The van der Waals surface area contributed by atoms with Gasteiger partial charge in [0.2, 0.25) is 0 Å². The second-order valence-corrected chi connectivity index (χ2v) is 6.37. The van der Waals surface area contributed by atoms with Crippen LogP contribution >= 0.6 is 11.3 Å². The summed E-state index contributed by atoms with van der Waals surface area (Å²) in [5.74, 6) is -1.15. The van der Waals surface area contributed by atoms with E-state index in [1.807, 2.05) is 4.90 Å². The molecule has 1 saturated heterocycles. The van der Waals surface area contributed by atoms with Crippen molar-refractivity contribution in [2.45, 2.75) is 45.8 Å². The summed E-state index contributed by atoms with van der Waals surface area (Å²) >= 11 is 1.61. The molecular weight excluding hydrogens is 299 g/mol. The van der Waals surface area contributed by atoms with Crippen molar-refractivity contribution in [2.24, 2.45) is 5.92 Å². The van der Waals surface area contributed by atoms with Crippen LogP contribution in [0.2, 0.25) is 0 Å². The molecule has 3 nitrogen and oxygen atoms in total. The van der Waals surface area contributed by atoms with Gasteiger partial charge in [-0.1, -0.05) is 13.8 Å². The molecule has 1 N–H and O–H groups in total. The first-order chi connectivity index (χ1) is 9.95. The Labute approximate surface area is 127 Å². The lowest BCUT2D eigenvalue weighted by Crippen LogP contribution is -2.38. The average Bonchev–Trinajstić information content (AvgIpc) is 2.87. The molecule has 2 heterocycles. The fourth-order valence-electron chi connectivity index (χ4n) is 2.56. The van der Waals surface area contributed by atoms with E-state index >= 15 is 0 Å². The van der Waals surface area contributed by atoms with Crippen LogP contribution in [0.1, 0.15) is 37.3 Å². The van der Waals surface area contributed by atoms with Gasteiger partial charge < -0.3 is 10.2 Å². The lowest BCUT2D eigenvalue weighted by Gasteiger charge is -2.32. The Kier molecular flexibility index (Phi) is 5.48. The Bertz CT molecular complexity index is 451. The smallest absolute Gasteiger partial charge is 0.348 e. The standard InChI is InChI=1S/C14H22F3N3S/c1-3-11-12(9-18-4-2)21-13(19-11)20-7-5-10(6-8-20)14(15,16)17/h10,18H,3-9H2,1-2H3. The Morgan fingerprint density at radius 3 is 2.48 bits per heavy atom. The highest BCUT2D eigenvalue weighted by molar-refractivity contribution is 7.15. The van der Waals surface area contributed by atoms with Gasteiger partial charge in [0.1, 0.15) is 0 Å². The summed E-state index contributed by atoms with van der Waals surface area (Å²) in [5.41, 5.74) is 1.06. The van der Waals surface area contributed by atoms with Gasteiger partial charge in [-0.3, -0.25) is 0 Å². The number of piperidine rings is 1. The zero-order valence-corrected chi connectivity index (χ0v) is 13.3. The number of rotatable bonds is 5. The third-order valence-corrected chi connectivity index (χ3v) is 5.02. The van der Waals surface area contributed by atoms with Crippen molar-refractivity contribution in [2.75, 3.05) is 24.5 Å². The summed E-state index contributed by atoms with van der Waals surface area (Å²) in [6.45, 7) is 6.69. The monoisotopic (exact) mass is 321 g/mol. The van der Waals surface area contributed by atoms with E-state index in [1.54, 1.807) is 11.3 Å². The number of hydrogen-bond acceptors (Lipinski definition) is 4. The van der Waals surface area contributed by atoms with Crippen LogP contribution in [0.25, 0.3) is 0 Å². The van der Waals surface area contributed by atoms with Crippen LogP contribution in [-0.2, 0) is 13.0 Å². The zero-order valence-electron chi connectivity index (χ0n) is 12.5. The van der Waals surface area contributed by atoms with E-state index in [4.69, 9.17) is 0 Å². The fourth-order valence-corrected chi connectivity index (χ4v) is 3.73. The molecule has 1 fully saturated rings. The minimum Gasteiger partial charge on any atom is -0.348 e. The highest BCUT2D eigenvalue weighted by Gasteiger charge is 2.41. The first-order valence-electron chi connectivity index (χ1n) is 7.46. The normalized spacial score (nSPS) is 17.5. The van der Waals surface area contributed by atoms with Crippen LogP contribution in [0, 0.1) is 5.92 Å². The van der Waals surface area contributed by atoms with E-state index in [-0.39, 0.29) is 12.8 Å². The number of aromatic nitrogens is 1. The number of thiazole rings is 1. The lowest BCUT2D eigenvalue weighted by atomic mass is 9.97. The third-order valence-electron chi connectivity index (χ3n) is 3.87. The molecule has 1 aromatic rings. The molecule has 0 bridgehead atoms. The average molecular weight is 321 g/mol. The van der Waals surface area contributed by atoms with Gasteiger partial charge in [-0.05, 0) is 25.8 Å². The summed E-state index contributed by atoms with van der Waals surface area (Å²) in [7, 11) is 0. The van der Waals surface area contributed by atoms with Gasteiger partial charge in [0.05, 0.1) is 11.6 Å². The van der Waals surface area contributed by atoms with Crippen molar-refractivity contribution < 1.29 is 13.2 Å². The van der Waals surface area contributed by atoms with Crippen LogP contribution in [0.3, 0.4) is 0 Å². The van der Waals surface area contributed by atoms with Crippen molar-refractivity contribution in [3.8, 4) is 0 Å². The summed E-state index contributed by atoms with van der Waals surface area (Å²) in [6, 6.07) is 0. The van der Waals surface area contributed by atoms with Gasteiger partial charge in [0.25, 0.3) is 0 Å². The van der Waals surface area contributed by atoms with Gasteiger partial charge in [0.15, 0.2) is 5.13 Å². The first kappa shape index (κ1) is 16.5. The van der Waals surface area contributed by atoms with Gasteiger partial charge in [-0.25, -0.2) is 4.98 Å². The number of hydrogen-bond donors (Lipinski definition) is 1. The SMILES string of the molecule is CCNCc1sc(N2CCC(C(F)(F)F)CC2)nc1CC. The molecule has 0 radical (unpaired) electrons. The Balaban J connectivity index is 2.01. The second-order valence-electron chi connectivity index (χ2n) is 5.30. The molecule has 1 aromatic heterocycles. The number of halogens is 3. The molecule has 1 aliphatic rings. The largest absolute Gasteiger partial charge is 0.391 e. The lowest BCUT2D eigenvalue weighted by molar-refractivity contribution is -0.179. The predicted octanol–water partition coefficient (Wildman–Crippen LogP) is 3.59. The second kappa shape index (κ2) is 6.96. The van der Waals surface area contributed by atoms with Crippen molar-refractivity contribution in [3.63, 3.8) is 0 Å². The Morgan fingerprint density at radius 1 is 1.29 bits per heavy atom. The molecule has 120 valence electrons. The van der Waals surface area contributed by atoms with Crippen molar-refractivity contribution >= 4 is 16.5 Å². The number of aryl methyl sites for hydroxylation is 1. The molecule has 0 amide bonds. The Morgan fingerprint density at radius 2 is 1.95 bits per heavy atom. The van der Waals surface area contributed by atoms with Gasteiger partial charge in [0, 0.05) is 24.5 Å². The van der Waals surface area contributed by atoms with Crippen LogP contribution in [-0.4, -0.2) is 30.8 Å². The van der Waals surface area contributed by atoms with E-state index in [0.29, 0.717) is 13.1 Å². The summed E-state index contributed by atoms with van der Waals surface area (Å²) < 4.78 is 38.1. The van der Waals surface area contributed by atoms with E-state index < -0.39 is 12.1 Å². The quantitative estimate of drug-likeness (QED) is 0.898. The highest BCUT2D eigenvalue weighted by atomic mass is 32.1.